The zero-order chi connectivity index (χ0) is 12.8. The first-order chi connectivity index (χ1) is 8.06. The molecule has 2 unspecified atom stereocenters. The number of aliphatic carboxylic acids is 1. The van der Waals surface area contributed by atoms with Gasteiger partial charge in [-0.25, -0.2) is 0 Å². The molecule has 0 aliphatic carbocycles. The molecule has 1 saturated heterocycles. The largest absolute Gasteiger partial charge is 0.481 e. The zero-order valence-electron chi connectivity index (χ0n) is 10.6. The van der Waals surface area contributed by atoms with Gasteiger partial charge in [0.1, 0.15) is 0 Å². The Bertz CT molecular complexity index is 281. The van der Waals surface area contributed by atoms with Crippen molar-refractivity contribution < 1.29 is 14.7 Å². The number of carbonyl (C=O) groups is 2. The third-order valence-electron chi connectivity index (χ3n) is 3.23. The SMILES string of the molecule is CCCC(=O)N1CC(CC(=O)O)CC(NC)C1. The summed E-state index contributed by atoms with van der Waals surface area (Å²) in [5, 5.41) is 12.0. The number of carbonyl (C=O) groups excluding carboxylic acids is 1. The smallest absolute Gasteiger partial charge is 0.303 e. The van der Waals surface area contributed by atoms with E-state index in [2.05, 4.69) is 5.32 Å². The highest BCUT2D eigenvalue weighted by Crippen LogP contribution is 2.20. The molecule has 1 aliphatic rings. The maximum atomic E-state index is 11.8. The molecule has 0 aromatic heterocycles. The van der Waals surface area contributed by atoms with Gasteiger partial charge in [-0.1, -0.05) is 6.92 Å². The molecule has 17 heavy (non-hydrogen) atoms. The van der Waals surface area contributed by atoms with Gasteiger partial charge in [-0.15, -0.1) is 0 Å². The standard InChI is InChI=1S/C12H22N2O3/c1-3-4-11(15)14-7-9(6-12(16)17)5-10(8-14)13-2/h9-10,13H,3-8H2,1-2H3,(H,16,17). The van der Waals surface area contributed by atoms with Crippen LogP contribution in [0.2, 0.25) is 0 Å². The zero-order valence-corrected chi connectivity index (χ0v) is 10.6. The van der Waals surface area contributed by atoms with Crippen molar-refractivity contribution >= 4 is 11.9 Å². The first kappa shape index (κ1) is 14.0. The molecule has 0 aromatic rings. The van der Waals surface area contributed by atoms with Gasteiger partial charge in [0, 0.05) is 32.0 Å². The number of nitrogens with one attached hydrogen (secondary N) is 1. The highest BCUT2D eigenvalue weighted by Gasteiger charge is 2.29. The Morgan fingerprint density at radius 3 is 2.65 bits per heavy atom. The molecule has 1 heterocycles. The number of likely N-dealkylation sites (tertiary alicyclic amines) is 1. The van der Waals surface area contributed by atoms with Gasteiger partial charge in [0.25, 0.3) is 0 Å². The summed E-state index contributed by atoms with van der Waals surface area (Å²) < 4.78 is 0. The lowest BCUT2D eigenvalue weighted by molar-refractivity contribution is -0.141. The predicted molar refractivity (Wildman–Crippen MR) is 64.7 cm³/mol. The van der Waals surface area contributed by atoms with Gasteiger partial charge in [-0.3, -0.25) is 9.59 Å². The molecule has 5 heteroatoms. The lowest BCUT2D eigenvalue weighted by Crippen LogP contribution is -2.50. The Morgan fingerprint density at radius 2 is 2.12 bits per heavy atom. The molecule has 2 N–H and O–H groups in total. The maximum absolute atomic E-state index is 11.8. The normalized spacial score (nSPS) is 24.7. The number of carboxylic acid groups (broad SMARTS) is 1. The van der Waals surface area contributed by atoms with E-state index < -0.39 is 5.97 Å². The van der Waals surface area contributed by atoms with Crippen LogP contribution in [0, 0.1) is 5.92 Å². The van der Waals surface area contributed by atoms with Crippen LogP contribution in [0.1, 0.15) is 32.6 Å². The van der Waals surface area contributed by atoms with Crippen LogP contribution in [0.3, 0.4) is 0 Å². The fourth-order valence-electron chi connectivity index (χ4n) is 2.38. The van der Waals surface area contributed by atoms with E-state index in [0.717, 1.165) is 12.8 Å². The molecule has 0 aromatic carbocycles. The average molecular weight is 242 g/mol. The first-order valence-corrected chi connectivity index (χ1v) is 6.23. The quantitative estimate of drug-likeness (QED) is 0.744. The van der Waals surface area contributed by atoms with Crippen LogP contribution in [-0.4, -0.2) is 48.1 Å². The van der Waals surface area contributed by atoms with Crippen molar-refractivity contribution in [3.8, 4) is 0 Å². The second-order valence-electron chi connectivity index (χ2n) is 4.73. The van der Waals surface area contributed by atoms with E-state index in [9.17, 15) is 9.59 Å². The monoisotopic (exact) mass is 242 g/mol. The molecule has 2 atom stereocenters. The van der Waals surface area contributed by atoms with Crippen molar-refractivity contribution in [3.05, 3.63) is 0 Å². The van der Waals surface area contributed by atoms with Crippen molar-refractivity contribution in [2.24, 2.45) is 5.92 Å². The number of carboxylic acids is 1. The number of hydrogen-bond acceptors (Lipinski definition) is 3. The van der Waals surface area contributed by atoms with Crippen LogP contribution in [-0.2, 0) is 9.59 Å². The fraction of sp³-hybridized carbons (Fsp3) is 0.833. The van der Waals surface area contributed by atoms with Crippen LogP contribution in [0.5, 0.6) is 0 Å². The maximum Gasteiger partial charge on any atom is 0.303 e. The fourth-order valence-corrected chi connectivity index (χ4v) is 2.38. The van der Waals surface area contributed by atoms with Crippen molar-refractivity contribution in [2.75, 3.05) is 20.1 Å². The Morgan fingerprint density at radius 1 is 1.41 bits per heavy atom. The highest BCUT2D eigenvalue weighted by molar-refractivity contribution is 5.76. The van der Waals surface area contributed by atoms with Crippen molar-refractivity contribution in [1.29, 1.82) is 0 Å². The van der Waals surface area contributed by atoms with Gasteiger partial charge in [0.05, 0.1) is 0 Å². The summed E-state index contributed by atoms with van der Waals surface area (Å²) in [6.07, 6.45) is 2.37. The van der Waals surface area contributed by atoms with Crippen LogP contribution < -0.4 is 5.32 Å². The Labute approximate surface area is 102 Å². The van der Waals surface area contributed by atoms with Gasteiger partial charge in [-0.2, -0.15) is 0 Å². The van der Waals surface area contributed by atoms with Crippen LogP contribution >= 0.6 is 0 Å². The summed E-state index contributed by atoms with van der Waals surface area (Å²) in [5.41, 5.74) is 0. The van der Waals surface area contributed by atoms with E-state index >= 15 is 0 Å². The lowest BCUT2D eigenvalue weighted by Gasteiger charge is -2.37. The van der Waals surface area contributed by atoms with Crippen molar-refractivity contribution in [2.45, 2.75) is 38.6 Å². The first-order valence-electron chi connectivity index (χ1n) is 6.23. The Hall–Kier alpha value is -1.10. The van der Waals surface area contributed by atoms with Crippen LogP contribution in [0.4, 0.5) is 0 Å². The van der Waals surface area contributed by atoms with Gasteiger partial charge in [0.15, 0.2) is 0 Å². The molecule has 1 fully saturated rings. The van der Waals surface area contributed by atoms with E-state index in [4.69, 9.17) is 5.11 Å². The molecule has 98 valence electrons. The topological polar surface area (TPSA) is 69.6 Å². The van der Waals surface area contributed by atoms with Crippen molar-refractivity contribution in [1.82, 2.24) is 10.2 Å². The number of piperidine rings is 1. The van der Waals surface area contributed by atoms with Gasteiger partial charge in [-0.05, 0) is 25.8 Å². The Balaban J connectivity index is 2.59. The minimum Gasteiger partial charge on any atom is -0.481 e. The predicted octanol–water partition coefficient (Wildman–Crippen LogP) is 0.698. The lowest BCUT2D eigenvalue weighted by atomic mass is 9.91. The minimum atomic E-state index is -0.783. The Kier molecular flexibility index (Phi) is 5.41. The summed E-state index contributed by atoms with van der Waals surface area (Å²) in [4.78, 5) is 24.4. The molecule has 1 rings (SSSR count). The number of rotatable bonds is 5. The molecule has 0 bridgehead atoms. The van der Waals surface area contributed by atoms with Crippen LogP contribution in [0.25, 0.3) is 0 Å². The molecule has 0 radical (unpaired) electrons. The molecular formula is C12H22N2O3. The summed E-state index contributed by atoms with van der Waals surface area (Å²) in [7, 11) is 1.86. The number of amides is 1. The summed E-state index contributed by atoms with van der Waals surface area (Å²) in [5.74, 6) is -0.572. The third-order valence-corrected chi connectivity index (χ3v) is 3.23. The van der Waals surface area contributed by atoms with E-state index in [1.54, 1.807) is 0 Å². The van der Waals surface area contributed by atoms with Gasteiger partial charge in [0.2, 0.25) is 5.91 Å². The summed E-state index contributed by atoms with van der Waals surface area (Å²) >= 11 is 0. The second kappa shape index (κ2) is 6.59. The molecule has 1 aliphatic heterocycles. The summed E-state index contributed by atoms with van der Waals surface area (Å²) in [6.45, 7) is 3.26. The number of nitrogens with zero attached hydrogens (tertiary/aromatic N) is 1. The molecule has 0 spiro atoms. The number of hydrogen-bond donors (Lipinski definition) is 2. The highest BCUT2D eigenvalue weighted by atomic mass is 16.4. The van der Waals surface area contributed by atoms with E-state index in [1.165, 1.54) is 0 Å². The minimum absolute atomic E-state index is 0.0690. The van der Waals surface area contributed by atoms with E-state index in [0.29, 0.717) is 19.5 Å². The molecule has 0 saturated carbocycles. The number of likely N-dealkylation sites (N-methyl/N-ethyl adjacent to an activating group) is 1. The summed E-state index contributed by atoms with van der Waals surface area (Å²) in [6, 6.07) is 0.217. The third kappa shape index (κ3) is 4.34. The molecule has 5 nitrogen and oxygen atoms in total. The average Bonchev–Trinajstić information content (AvgIpc) is 2.28. The van der Waals surface area contributed by atoms with E-state index in [-0.39, 0.29) is 24.3 Å². The van der Waals surface area contributed by atoms with Crippen LogP contribution in [0.15, 0.2) is 0 Å². The van der Waals surface area contributed by atoms with Crippen molar-refractivity contribution in [3.63, 3.8) is 0 Å². The van der Waals surface area contributed by atoms with E-state index in [1.807, 2.05) is 18.9 Å². The molecule has 1 amide bonds. The second-order valence-corrected chi connectivity index (χ2v) is 4.73. The molecular weight excluding hydrogens is 220 g/mol. The van der Waals surface area contributed by atoms with Gasteiger partial charge >= 0.3 is 5.97 Å². The van der Waals surface area contributed by atoms with Gasteiger partial charge < -0.3 is 15.3 Å².